The molecule has 676 valence electrons. The number of aliphatic hydroxyl groups is 2. The summed E-state index contributed by atoms with van der Waals surface area (Å²) >= 11 is 0. The Morgan fingerprint density at radius 1 is 0.533 bits per heavy atom. The summed E-state index contributed by atoms with van der Waals surface area (Å²) in [5.41, 5.74) is 30.3. The Bertz CT molecular complexity index is 4130. The maximum Gasteiger partial charge on any atom is 0.326 e. The smallest absolute Gasteiger partial charge is 0.326 e. The molecule has 0 spiro atoms. The lowest BCUT2D eigenvalue weighted by Crippen LogP contribution is -2.63. The third-order valence-electron chi connectivity index (χ3n) is 20.2. The highest BCUT2D eigenvalue weighted by molar-refractivity contribution is 6.01. The first kappa shape index (κ1) is 102. The molecule has 4 rings (SSSR count). The highest BCUT2D eigenvalue weighted by Gasteiger charge is 2.42. The lowest BCUT2D eigenvalue weighted by Gasteiger charge is -2.31. The van der Waals surface area contributed by atoms with Crippen LogP contribution in [0.5, 0.6) is 5.75 Å². The second kappa shape index (κ2) is 51.0. The van der Waals surface area contributed by atoms with Gasteiger partial charge in [0.1, 0.15) is 84.3 Å². The Kier molecular flexibility index (Phi) is 42.8. The van der Waals surface area contributed by atoms with E-state index in [1.807, 2.05) is 0 Å². The van der Waals surface area contributed by atoms with Gasteiger partial charge in [0.15, 0.2) is 0 Å². The van der Waals surface area contributed by atoms with E-state index in [0.717, 1.165) is 6.92 Å². The zero-order valence-electron chi connectivity index (χ0n) is 69.9. The molecular formula is C79H122N20O23. The van der Waals surface area contributed by atoms with Crippen molar-refractivity contribution in [3.05, 3.63) is 65.9 Å². The lowest BCUT2D eigenvalue weighted by molar-refractivity contribution is -0.147. The molecule has 43 heteroatoms. The molecule has 0 aliphatic carbocycles. The Morgan fingerprint density at radius 3 is 1.66 bits per heavy atom. The van der Waals surface area contributed by atoms with Crippen molar-refractivity contribution >= 4 is 117 Å². The van der Waals surface area contributed by atoms with Crippen molar-refractivity contribution in [1.82, 2.24) is 79.0 Å². The zero-order chi connectivity index (χ0) is 91.4. The standard InChI is InChI=1S/C79H122N20O23/c1-9-41(6)64(76(118)90-50(20-13-15-29-81)69(111)91-53(33-45-36-85-49-19-11-10-17-47(45)49)71(113)87-42(7)66(108)94-56(79(121)122)35-62(106)107)97-73(115)57(38-100)95-77(119)65(43(8)101)98-72(114)52(31-39(2)3)88-61(105)37-86-68(110)54(34-60(84)104)92-75(117)63(40(4)5)96-70(112)51(26-27-59(83)103)89-74(116)58-21-16-30-99(58)78(120)55(32-44-22-24-46(102)25-23-44)93-67(109)48(82)18-12-14-28-80/h10-11,17,19,22-25,36,39-43,48,50-58,63-65,85,100-102H,9,12-16,18,20-21,26-35,37-38,80-82H2,1-8H3,(H2,83,103)(H2,84,104)(H,86,110)(H,87,113)(H,88,105)(H,89,116)(H,90,118)(H,91,111)(H,92,117)(H,93,109)(H,94,108)(H,95,119)(H,96,112)(H,97,115)(H,98,114)(H,106,107)(H,121,122)/t41-,42-,43+,48-,50-,51-,52-,53-,54-,55-,56-,57-,58-,63-,64-,65-/m0/s1. The van der Waals surface area contributed by atoms with Crippen molar-refractivity contribution in [2.75, 3.05) is 32.8 Å². The van der Waals surface area contributed by atoms with E-state index in [-0.39, 0.29) is 76.1 Å². The van der Waals surface area contributed by atoms with Gasteiger partial charge in [0.2, 0.25) is 94.5 Å². The van der Waals surface area contributed by atoms with E-state index < -0.39 is 248 Å². The van der Waals surface area contributed by atoms with Gasteiger partial charge in [-0.15, -0.1) is 0 Å². The predicted octanol–water partition coefficient (Wildman–Crippen LogP) is -5.99. The van der Waals surface area contributed by atoms with Crippen LogP contribution in [0.4, 0.5) is 0 Å². The molecule has 122 heavy (non-hydrogen) atoms. The van der Waals surface area contributed by atoms with Gasteiger partial charge < -0.3 is 133 Å². The van der Waals surface area contributed by atoms with Crippen molar-refractivity contribution in [3.63, 3.8) is 0 Å². The van der Waals surface area contributed by atoms with Crippen molar-refractivity contribution < 1.29 is 112 Å². The minimum atomic E-state index is -1.93. The molecular weight excluding hydrogens is 1600 g/mol. The first-order valence-electron chi connectivity index (χ1n) is 40.5. The van der Waals surface area contributed by atoms with Gasteiger partial charge in [0, 0.05) is 42.9 Å². The van der Waals surface area contributed by atoms with Crippen LogP contribution < -0.4 is 97.8 Å². The molecule has 43 nitrogen and oxygen atoms in total. The van der Waals surface area contributed by atoms with E-state index >= 15 is 0 Å². The minimum Gasteiger partial charge on any atom is -0.508 e. The van der Waals surface area contributed by atoms with Gasteiger partial charge in [0.25, 0.3) is 0 Å². The van der Waals surface area contributed by atoms with E-state index in [0.29, 0.717) is 54.3 Å². The van der Waals surface area contributed by atoms with Crippen molar-refractivity contribution in [1.29, 1.82) is 0 Å². The number of aromatic amines is 1. The maximum atomic E-state index is 14.5. The topological polar surface area (TPSA) is 714 Å². The number of aromatic nitrogens is 1. The van der Waals surface area contributed by atoms with Crippen LogP contribution in [0.15, 0.2) is 54.7 Å². The number of para-hydroxylation sites is 1. The highest BCUT2D eigenvalue weighted by Crippen LogP contribution is 2.24. The quantitative estimate of drug-likeness (QED) is 0.0234. The fourth-order valence-electron chi connectivity index (χ4n) is 13.2. The van der Waals surface area contributed by atoms with Crippen LogP contribution >= 0.6 is 0 Å². The summed E-state index contributed by atoms with van der Waals surface area (Å²) in [6.45, 7) is 10.3. The van der Waals surface area contributed by atoms with Gasteiger partial charge in [0.05, 0.1) is 38.1 Å². The van der Waals surface area contributed by atoms with E-state index in [9.17, 15) is 112 Å². The normalized spacial score (nSPS) is 16.2. The first-order valence-corrected chi connectivity index (χ1v) is 40.5. The molecule has 16 amide bonds. The average Bonchev–Trinajstić information content (AvgIpc) is 1.64. The number of primary amides is 2. The number of carbonyl (C=O) groups is 18. The summed E-state index contributed by atoms with van der Waals surface area (Å²) in [6.07, 6.45) is -0.925. The number of fused-ring (bicyclic) bond motifs is 1. The summed E-state index contributed by atoms with van der Waals surface area (Å²) < 4.78 is 0. The van der Waals surface area contributed by atoms with Gasteiger partial charge in [-0.05, 0) is 132 Å². The van der Waals surface area contributed by atoms with E-state index in [1.54, 1.807) is 70.3 Å². The number of phenols is 1. The maximum absolute atomic E-state index is 14.5. The summed E-state index contributed by atoms with van der Waals surface area (Å²) in [7, 11) is 0. The summed E-state index contributed by atoms with van der Waals surface area (Å²) in [5.74, 6) is -21.2. The number of likely N-dealkylation sites (tertiary alicyclic amines) is 1. The largest absolute Gasteiger partial charge is 0.508 e. The Labute approximate surface area is 705 Å². The number of nitrogens with zero attached hydrogens (tertiary/aromatic N) is 1. The van der Waals surface area contributed by atoms with Gasteiger partial charge in [-0.25, -0.2) is 4.79 Å². The summed E-state index contributed by atoms with van der Waals surface area (Å²) in [5, 5.41) is 82.5. The van der Waals surface area contributed by atoms with Crippen molar-refractivity contribution in [2.45, 2.75) is 249 Å². The number of unbranched alkanes of at least 4 members (excludes halogenated alkanes) is 2. The third-order valence-corrected chi connectivity index (χ3v) is 20.2. The molecule has 3 aromatic rings. The van der Waals surface area contributed by atoms with Crippen LogP contribution in [-0.4, -0.2) is 265 Å². The monoisotopic (exact) mass is 1720 g/mol. The lowest BCUT2D eigenvalue weighted by atomic mass is 9.96. The Morgan fingerprint density at radius 2 is 1.07 bits per heavy atom. The number of carboxylic acids is 2. The summed E-state index contributed by atoms with van der Waals surface area (Å²) in [6, 6.07) is -8.89. The molecule has 16 atom stereocenters. The molecule has 1 aromatic heterocycles. The number of nitrogens with one attached hydrogen (secondary N) is 14. The van der Waals surface area contributed by atoms with Gasteiger partial charge >= 0.3 is 11.9 Å². The number of carbonyl (C=O) groups excluding carboxylic acids is 16. The summed E-state index contributed by atoms with van der Waals surface area (Å²) in [4.78, 5) is 249. The molecule has 1 aliphatic heterocycles. The van der Waals surface area contributed by atoms with E-state index in [4.69, 9.17) is 28.7 Å². The van der Waals surface area contributed by atoms with Crippen molar-refractivity contribution in [3.8, 4) is 5.75 Å². The van der Waals surface area contributed by atoms with Gasteiger partial charge in [-0.2, -0.15) is 0 Å². The van der Waals surface area contributed by atoms with Crippen LogP contribution in [0, 0.1) is 17.8 Å². The number of aliphatic hydroxyl groups excluding tert-OH is 2. The Hall–Kier alpha value is -12.0. The molecule has 1 aliphatic rings. The van der Waals surface area contributed by atoms with Gasteiger partial charge in [-0.1, -0.05) is 84.7 Å². The number of H-pyrrole nitrogens is 1. The molecule has 2 heterocycles. The Balaban J connectivity index is 1.47. The highest BCUT2D eigenvalue weighted by atomic mass is 16.4. The average molecular weight is 1720 g/mol. The number of aromatic hydroxyl groups is 1. The predicted molar refractivity (Wildman–Crippen MR) is 439 cm³/mol. The fourth-order valence-corrected chi connectivity index (χ4v) is 13.2. The van der Waals surface area contributed by atoms with E-state index in [1.165, 1.54) is 37.8 Å². The second-order valence-electron chi connectivity index (χ2n) is 31.0. The first-order chi connectivity index (χ1) is 57.5. The number of phenolic OH excluding ortho intramolecular Hbond substituents is 1. The van der Waals surface area contributed by atoms with Crippen LogP contribution in [0.25, 0.3) is 10.9 Å². The van der Waals surface area contributed by atoms with Crippen LogP contribution in [0.1, 0.15) is 156 Å². The zero-order valence-corrected chi connectivity index (χ0v) is 69.9. The number of carboxylic acid groups (broad SMARTS) is 2. The van der Waals surface area contributed by atoms with E-state index in [2.05, 4.69) is 74.1 Å². The fraction of sp³-hybridized carbons (Fsp3) is 0.595. The number of rotatable bonds is 54. The molecule has 1 fully saturated rings. The third kappa shape index (κ3) is 33.6. The SMILES string of the molecule is CC[C@H](C)[C@H](NC(=O)[C@H](CO)NC(=O)[C@@H](NC(=O)[C@H](CC(C)C)NC(=O)CNC(=O)[C@H](CC(N)=O)NC(=O)[C@@H](NC(=O)[C@H](CCC(N)=O)NC(=O)[C@@H]1CCCN1C(=O)[C@H](Cc1ccc(O)cc1)NC(=O)[C@@H](N)CCCCN)C(C)C)[C@@H](C)O)C(=O)N[C@@H](CCCCN)C(=O)N[C@@H](Cc1c[nH]c2ccccc12)C(=O)N[C@@H](C)C(=O)N[C@@H](CC(=O)O)C(=O)O. The molecule has 29 N–H and O–H groups in total. The molecule has 0 unspecified atom stereocenters. The van der Waals surface area contributed by atoms with Crippen LogP contribution in [0.3, 0.4) is 0 Å². The second-order valence-corrected chi connectivity index (χ2v) is 31.0. The number of benzene rings is 2. The molecule has 2 aromatic carbocycles. The number of hydrogen-bond acceptors (Lipinski definition) is 24. The molecule has 0 radical (unpaired) electrons. The van der Waals surface area contributed by atoms with Gasteiger partial charge in [-0.3, -0.25) is 81.5 Å². The molecule has 0 bridgehead atoms. The minimum absolute atomic E-state index is 0.0413. The number of aliphatic carboxylic acids is 2. The number of amides is 16. The molecule has 1 saturated heterocycles. The molecule has 0 saturated carbocycles. The van der Waals surface area contributed by atoms with Crippen LogP contribution in [-0.2, 0) is 99.1 Å². The van der Waals surface area contributed by atoms with Crippen LogP contribution in [0.2, 0.25) is 0 Å². The number of hydrogen-bond donors (Lipinski definition) is 24. The number of nitrogens with two attached hydrogens (primary N) is 5. The van der Waals surface area contributed by atoms with Crippen molar-refractivity contribution in [2.24, 2.45) is 46.4 Å².